The third-order valence-electron chi connectivity index (χ3n) is 3.81. The van der Waals surface area contributed by atoms with E-state index >= 15 is 0 Å². The molecular weight excluding hydrogens is 411 g/mol. The number of hydrogen-bond acceptors (Lipinski definition) is 6. The second-order valence-electron chi connectivity index (χ2n) is 6.09. The van der Waals surface area contributed by atoms with Gasteiger partial charge in [0.15, 0.2) is 6.61 Å². The van der Waals surface area contributed by atoms with Crippen molar-refractivity contribution in [3.05, 3.63) is 64.7 Å². The van der Waals surface area contributed by atoms with Crippen LogP contribution in [0.2, 0.25) is 0 Å². The van der Waals surface area contributed by atoms with Crippen molar-refractivity contribution in [2.45, 2.75) is 18.2 Å². The average molecular weight is 431 g/mol. The predicted molar refractivity (Wildman–Crippen MR) is 114 cm³/mol. The minimum atomic E-state index is -0.457. The maximum absolute atomic E-state index is 12.9. The highest BCUT2D eigenvalue weighted by molar-refractivity contribution is 7.99. The summed E-state index contributed by atoms with van der Waals surface area (Å²) >= 11 is 2.98. The van der Waals surface area contributed by atoms with E-state index in [1.807, 2.05) is 30.5 Å². The molecule has 0 aliphatic heterocycles. The Labute approximate surface area is 176 Å². The van der Waals surface area contributed by atoms with Gasteiger partial charge in [0, 0.05) is 27.3 Å². The minimum Gasteiger partial charge on any atom is -0.456 e. The number of aryl methyl sites for hydroxylation is 1. The molecule has 150 valence electrons. The molecule has 3 rings (SSSR count). The van der Waals surface area contributed by atoms with Crippen LogP contribution in [0.5, 0.6) is 0 Å². The third kappa shape index (κ3) is 6.69. The molecule has 8 heteroatoms. The molecule has 3 aromatic rings. The fraction of sp³-hybridized carbons (Fsp3) is 0.190. The highest BCUT2D eigenvalue weighted by Crippen LogP contribution is 2.24. The van der Waals surface area contributed by atoms with Gasteiger partial charge in [-0.3, -0.25) is 9.59 Å². The van der Waals surface area contributed by atoms with Crippen LogP contribution in [0, 0.1) is 12.7 Å². The van der Waals surface area contributed by atoms with Crippen LogP contribution < -0.4 is 5.32 Å². The number of rotatable bonds is 8. The number of ether oxygens (including phenoxy) is 1. The van der Waals surface area contributed by atoms with Gasteiger partial charge < -0.3 is 10.1 Å². The number of aromatic nitrogens is 1. The van der Waals surface area contributed by atoms with Crippen LogP contribution in [0.4, 0.5) is 10.1 Å². The molecule has 29 heavy (non-hydrogen) atoms. The lowest BCUT2D eigenvalue weighted by Crippen LogP contribution is -2.21. The van der Waals surface area contributed by atoms with E-state index in [2.05, 4.69) is 10.3 Å². The molecule has 0 saturated carbocycles. The zero-order valence-electron chi connectivity index (χ0n) is 15.7. The van der Waals surface area contributed by atoms with E-state index in [-0.39, 0.29) is 18.8 Å². The smallest absolute Gasteiger partial charge is 0.307 e. The zero-order chi connectivity index (χ0) is 20.6. The monoisotopic (exact) mass is 430 g/mol. The van der Waals surface area contributed by atoms with Crippen LogP contribution in [-0.4, -0.2) is 29.2 Å². The molecule has 1 N–H and O–H groups in total. The Morgan fingerprint density at radius 3 is 2.72 bits per heavy atom. The number of hydrogen-bond donors (Lipinski definition) is 1. The highest BCUT2D eigenvalue weighted by atomic mass is 32.2. The first-order chi connectivity index (χ1) is 14.0. The number of carbonyl (C=O) groups excluding carboxylic acids is 2. The van der Waals surface area contributed by atoms with Gasteiger partial charge in [0.25, 0.3) is 5.91 Å². The van der Waals surface area contributed by atoms with Crippen molar-refractivity contribution < 1.29 is 18.7 Å². The Morgan fingerprint density at radius 2 is 2.00 bits per heavy atom. The maximum Gasteiger partial charge on any atom is 0.307 e. The second-order valence-corrected chi connectivity index (χ2v) is 8.32. The van der Waals surface area contributed by atoms with E-state index in [4.69, 9.17) is 4.74 Å². The quantitative estimate of drug-likeness (QED) is 0.406. The highest BCUT2D eigenvalue weighted by Gasteiger charge is 2.09. The van der Waals surface area contributed by atoms with Crippen LogP contribution in [0.1, 0.15) is 11.4 Å². The van der Waals surface area contributed by atoms with Gasteiger partial charge in [-0.1, -0.05) is 12.1 Å². The SMILES string of the molecule is Cc1nc(-c2cccc(NC(=O)COC(=O)CCSc3ccc(F)cc3)c2)cs1. The van der Waals surface area contributed by atoms with Crippen LogP contribution in [-0.2, 0) is 14.3 Å². The number of benzene rings is 2. The number of esters is 1. The van der Waals surface area contributed by atoms with Crippen molar-refractivity contribution in [1.29, 1.82) is 0 Å². The van der Waals surface area contributed by atoms with Gasteiger partial charge >= 0.3 is 5.97 Å². The summed E-state index contributed by atoms with van der Waals surface area (Å²) in [6, 6.07) is 13.4. The number of anilines is 1. The predicted octanol–water partition coefficient (Wildman–Crippen LogP) is 4.92. The number of nitrogens with zero attached hydrogens (tertiary/aromatic N) is 1. The summed E-state index contributed by atoms with van der Waals surface area (Å²) in [6.07, 6.45) is 0.161. The third-order valence-corrected chi connectivity index (χ3v) is 5.60. The lowest BCUT2D eigenvalue weighted by atomic mass is 10.1. The molecule has 0 bridgehead atoms. The van der Waals surface area contributed by atoms with Gasteiger partial charge in [0.2, 0.25) is 0 Å². The molecule has 0 aliphatic rings. The molecule has 1 aromatic heterocycles. The van der Waals surface area contributed by atoms with Crippen LogP contribution >= 0.6 is 23.1 Å². The normalized spacial score (nSPS) is 10.6. The molecule has 1 heterocycles. The number of thioether (sulfide) groups is 1. The Morgan fingerprint density at radius 1 is 1.21 bits per heavy atom. The van der Waals surface area contributed by atoms with Crippen molar-refractivity contribution in [3.63, 3.8) is 0 Å². The van der Waals surface area contributed by atoms with Crippen LogP contribution in [0.15, 0.2) is 58.8 Å². The van der Waals surface area contributed by atoms with E-state index in [0.29, 0.717) is 11.4 Å². The maximum atomic E-state index is 12.9. The van der Waals surface area contributed by atoms with E-state index in [1.54, 1.807) is 29.5 Å². The lowest BCUT2D eigenvalue weighted by Gasteiger charge is -2.08. The van der Waals surface area contributed by atoms with Crippen LogP contribution in [0.3, 0.4) is 0 Å². The summed E-state index contributed by atoms with van der Waals surface area (Å²) < 4.78 is 17.9. The van der Waals surface area contributed by atoms with Gasteiger partial charge in [-0.25, -0.2) is 9.37 Å². The van der Waals surface area contributed by atoms with Gasteiger partial charge in [-0.2, -0.15) is 0 Å². The first-order valence-corrected chi connectivity index (χ1v) is 10.7. The zero-order valence-corrected chi connectivity index (χ0v) is 17.3. The second kappa shape index (κ2) is 10.2. The van der Waals surface area contributed by atoms with Gasteiger partial charge in [-0.15, -0.1) is 23.1 Å². The Bertz CT molecular complexity index is 990. The molecule has 0 atom stereocenters. The number of halogens is 1. The number of carbonyl (C=O) groups is 2. The first-order valence-electron chi connectivity index (χ1n) is 8.86. The first kappa shape index (κ1) is 21.0. The number of nitrogens with one attached hydrogen (secondary N) is 1. The van der Waals surface area contributed by atoms with Crippen molar-refractivity contribution in [3.8, 4) is 11.3 Å². The molecule has 0 aliphatic carbocycles. The summed E-state index contributed by atoms with van der Waals surface area (Å²) in [5, 5.41) is 5.65. The summed E-state index contributed by atoms with van der Waals surface area (Å²) in [6.45, 7) is 1.59. The van der Waals surface area contributed by atoms with Gasteiger partial charge in [-0.05, 0) is 43.3 Å². The van der Waals surface area contributed by atoms with E-state index < -0.39 is 11.9 Å². The molecule has 0 spiro atoms. The van der Waals surface area contributed by atoms with Crippen molar-refractivity contribution in [2.75, 3.05) is 17.7 Å². The Hall–Kier alpha value is -2.71. The average Bonchev–Trinajstić information content (AvgIpc) is 3.15. The number of amides is 1. The molecule has 0 unspecified atom stereocenters. The molecular formula is C21H19FN2O3S2. The van der Waals surface area contributed by atoms with E-state index in [9.17, 15) is 14.0 Å². The van der Waals surface area contributed by atoms with Crippen molar-refractivity contribution >= 4 is 40.7 Å². The lowest BCUT2D eigenvalue weighted by molar-refractivity contribution is -0.146. The molecule has 0 saturated heterocycles. The van der Waals surface area contributed by atoms with E-state index in [0.717, 1.165) is 21.2 Å². The molecule has 1 amide bonds. The summed E-state index contributed by atoms with van der Waals surface area (Å²) in [7, 11) is 0. The summed E-state index contributed by atoms with van der Waals surface area (Å²) in [4.78, 5) is 29.2. The Balaban J connectivity index is 1.41. The minimum absolute atomic E-state index is 0.161. The number of thiazole rings is 1. The van der Waals surface area contributed by atoms with E-state index in [1.165, 1.54) is 23.9 Å². The Kier molecular flexibility index (Phi) is 7.37. The topological polar surface area (TPSA) is 68.3 Å². The molecule has 0 fully saturated rings. The van der Waals surface area contributed by atoms with Crippen molar-refractivity contribution in [1.82, 2.24) is 4.98 Å². The fourth-order valence-electron chi connectivity index (χ4n) is 2.45. The fourth-order valence-corrected chi connectivity index (χ4v) is 3.91. The van der Waals surface area contributed by atoms with Gasteiger partial charge in [0.1, 0.15) is 5.82 Å². The largest absolute Gasteiger partial charge is 0.456 e. The summed E-state index contributed by atoms with van der Waals surface area (Å²) in [5.74, 6) is -0.675. The molecule has 5 nitrogen and oxygen atoms in total. The van der Waals surface area contributed by atoms with Crippen LogP contribution in [0.25, 0.3) is 11.3 Å². The van der Waals surface area contributed by atoms with Gasteiger partial charge in [0.05, 0.1) is 17.1 Å². The standard InChI is InChI=1S/C21H19FN2O3S2/c1-14-23-19(13-29-14)15-3-2-4-17(11-15)24-20(25)12-27-21(26)9-10-28-18-7-5-16(22)6-8-18/h2-8,11,13H,9-10,12H2,1H3,(H,24,25). The summed E-state index contributed by atoms with van der Waals surface area (Å²) in [5.41, 5.74) is 2.37. The molecule has 2 aromatic carbocycles. The van der Waals surface area contributed by atoms with Crippen molar-refractivity contribution in [2.24, 2.45) is 0 Å². The molecule has 0 radical (unpaired) electrons.